The van der Waals surface area contributed by atoms with Crippen molar-refractivity contribution in [2.45, 2.75) is 24.8 Å². The van der Waals surface area contributed by atoms with Gasteiger partial charge < -0.3 is 5.73 Å². The topological polar surface area (TPSA) is 60.2 Å². The Bertz CT molecular complexity index is 263. The van der Waals surface area contributed by atoms with Crippen molar-refractivity contribution in [2.24, 2.45) is 5.73 Å². The van der Waals surface area contributed by atoms with Crippen molar-refractivity contribution in [3.05, 3.63) is 0 Å². The van der Waals surface area contributed by atoms with Gasteiger partial charge in [0.05, 0.1) is 11.5 Å². The second-order valence-electron chi connectivity index (χ2n) is 3.80. The van der Waals surface area contributed by atoms with E-state index in [1.165, 1.54) is 0 Å². The van der Waals surface area contributed by atoms with Gasteiger partial charge in [-0.3, -0.25) is 0 Å². The molecule has 0 aromatic heterocycles. The average Bonchev–Trinajstić information content (AvgIpc) is 2.27. The molecule has 1 rings (SSSR count). The van der Waals surface area contributed by atoms with Crippen molar-refractivity contribution in [3.8, 4) is 0 Å². The minimum Gasteiger partial charge on any atom is -0.324 e. The number of sulfone groups is 1. The molecule has 1 aliphatic rings. The standard InChI is InChI=1S/C8H17NO2S2/c1-12-5-2-3-8(9)4-6-13(10,11)7-8/h2-7,9H2,1H3. The fourth-order valence-corrected chi connectivity index (χ4v) is 4.17. The second kappa shape index (κ2) is 4.19. The summed E-state index contributed by atoms with van der Waals surface area (Å²) >= 11 is 1.78. The van der Waals surface area contributed by atoms with Gasteiger partial charge in [0.15, 0.2) is 9.84 Å². The Morgan fingerprint density at radius 2 is 2.23 bits per heavy atom. The van der Waals surface area contributed by atoms with E-state index < -0.39 is 15.4 Å². The molecular weight excluding hydrogens is 206 g/mol. The lowest BCUT2D eigenvalue weighted by Gasteiger charge is -2.21. The van der Waals surface area contributed by atoms with Crippen molar-refractivity contribution in [3.63, 3.8) is 0 Å². The highest BCUT2D eigenvalue weighted by Crippen LogP contribution is 2.25. The van der Waals surface area contributed by atoms with E-state index in [1.807, 2.05) is 0 Å². The van der Waals surface area contributed by atoms with Crippen LogP contribution in [0, 0.1) is 0 Å². The number of thioether (sulfide) groups is 1. The zero-order valence-corrected chi connectivity index (χ0v) is 9.59. The highest BCUT2D eigenvalue weighted by atomic mass is 32.2. The molecule has 0 bridgehead atoms. The Balaban J connectivity index is 2.41. The van der Waals surface area contributed by atoms with Gasteiger partial charge in [-0.25, -0.2) is 8.42 Å². The van der Waals surface area contributed by atoms with E-state index in [0.29, 0.717) is 6.42 Å². The van der Waals surface area contributed by atoms with Crippen molar-refractivity contribution in [2.75, 3.05) is 23.5 Å². The number of rotatable bonds is 4. The monoisotopic (exact) mass is 223 g/mol. The van der Waals surface area contributed by atoms with E-state index in [-0.39, 0.29) is 11.5 Å². The lowest BCUT2D eigenvalue weighted by atomic mass is 9.95. The molecule has 1 heterocycles. The summed E-state index contributed by atoms with van der Waals surface area (Å²) in [6, 6.07) is 0. The molecule has 0 aromatic carbocycles. The van der Waals surface area contributed by atoms with E-state index >= 15 is 0 Å². The van der Waals surface area contributed by atoms with Crippen molar-refractivity contribution in [1.82, 2.24) is 0 Å². The summed E-state index contributed by atoms with van der Waals surface area (Å²) in [5.74, 6) is 1.54. The van der Waals surface area contributed by atoms with Gasteiger partial charge in [0.25, 0.3) is 0 Å². The first kappa shape index (κ1) is 11.3. The van der Waals surface area contributed by atoms with E-state index in [1.54, 1.807) is 11.8 Å². The third-order valence-corrected chi connectivity index (χ3v) is 4.98. The van der Waals surface area contributed by atoms with Gasteiger partial charge in [-0.1, -0.05) is 0 Å². The molecule has 13 heavy (non-hydrogen) atoms. The molecule has 5 heteroatoms. The van der Waals surface area contributed by atoms with Crippen molar-refractivity contribution in [1.29, 1.82) is 0 Å². The van der Waals surface area contributed by atoms with E-state index in [2.05, 4.69) is 6.26 Å². The summed E-state index contributed by atoms with van der Waals surface area (Å²) in [7, 11) is -2.82. The summed E-state index contributed by atoms with van der Waals surface area (Å²) in [5.41, 5.74) is 5.56. The minimum absolute atomic E-state index is 0.189. The Morgan fingerprint density at radius 3 is 2.69 bits per heavy atom. The van der Waals surface area contributed by atoms with Crippen LogP contribution in [0.1, 0.15) is 19.3 Å². The quantitative estimate of drug-likeness (QED) is 0.711. The normalized spacial score (nSPS) is 32.2. The van der Waals surface area contributed by atoms with Crippen molar-refractivity contribution < 1.29 is 8.42 Å². The fraction of sp³-hybridized carbons (Fsp3) is 1.00. The molecule has 78 valence electrons. The van der Waals surface area contributed by atoms with Crippen LogP contribution in [-0.4, -0.2) is 37.5 Å². The lowest BCUT2D eigenvalue weighted by molar-refractivity contribution is 0.438. The molecule has 2 N–H and O–H groups in total. The summed E-state index contributed by atoms with van der Waals surface area (Å²) in [5, 5.41) is 0. The summed E-state index contributed by atoms with van der Waals surface area (Å²) < 4.78 is 22.4. The highest BCUT2D eigenvalue weighted by Gasteiger charge is 2.38. The van der Waals surface area contributed by atoms with E-state index in [9.17, 15) is 8.42 Å². The number of hydrogen-bond acceptors (Lipinski definition) is 4. The van der Waals surface area contributed by atoms with E-state index in [4.69, 9.17) is 5.73 Å². The van der Waals surface area contributed by atoms with Crippen LogP contribution in [0.5, 0.6) is 0 Å². The van der Waals surface area contributed by atoms with Gasteiger partial charge in [-0.05, 0) is 31.3 Å². The predicted octanol–water partition coefficient (Wildman–Crippen LogP) is 0.646. The van der Waals surface area contributed by atoms with Crippen LogP contribution < -0.4 is 5.73 Å². The first-order valence-corrected chi connectivity index (χ1v) is 7.67. The number of hydrogen-bond donors (Lipinski definition) is 1. The molecule has 3 nitrogen and oxygen atoms in total. The average molecular weight is 223 g/mol. The molecule has 0 amide bonds. The number of nitrogens with two attached hydrogens (primary N) is 1. The Hall–Kier alpha value is 0.260. The van der Waals surface area contributed by atoms with Gasteiger partial charge >= 0.3 is 0 Å². The summed E-state index contributed by atoms with van der Waals surface area (Å²) in [6.07, 6.45) is 4.55. The van der Waals surface area contributed by atoms with Crippen molar-refractivity contribution >= 4 is 21.6 Å². The molecule has 1 fully saturated rings. The van der Waals surface area contributed by atoms with Crippen LogP contribution >= 0.6 is 11.8 Å². The first-order chi connectivity index (χ1) is 5.97. The van der Waals surface area contributed by atoms with Gasteiger partial charge in [-0.2, -0.15) is 11.8 Å². The molecule has 1 saturated heterocycles. The van der Waals surface area contributed by atoms with Crippen LogP contribution in [0.3, 0.4) is 0 Å². The predicted molar refractivity (Wildman–Crippen MR) is 57.8 cm³/mol. The molecule has 1 aliphatic heterocycles. The van der Waals surface area contributed by atoms with E-state index in [0.717, 1.165) is 18.6 Å². The maximum Gasteiger partial charge on any atom is 0.152 e. The van der Waals surface area contributed by atoms with Crippen LogP contribution in [0.4, 0.5) is 0 Å². The summed E-state index contributed by atoms with van der Waals surface area (Å²) in [6.45, 7) is 0. The molecule has 0 spiro atoms. The molecule has 0 aromatic rings. The summed E-state index contributed by atoms with van der Waals surface area (Å²) in [4.78, 5) is 0. The third-order valence-electron chi connectivity index (χ3n) is 2.44. The Morgan fingerprint density at radius 1 is 1.54 bits per heavy atom. The molecule has 0 radical (unpaired) electrons. The van der Waals surface area contributed by atoms with Gasteiger partial charge in [0, 0.05) is 5.54 Å². The van der Waals surface area contributed by atoms with Crippen LogP contribution in [0.15, 0.2) is 0 Å². The first-order valence-electron chi connectivity index (χ1n) is 4.46. The fourth-order valence-electron chi connectivity index (χ4n) is 1.71. The lowest BCUT2D eigenvalue weighted by Crippen LogP contribution is -2.40. The Kier molecular flexibility index (Phi) is 3.65. The molecule has 0 aliphatic carbocycles. The van der Waals surface area contributed by atoms with Gasteiger partial charge in [-0.15, -0.1) is 0 Å². The van der Waals surface area contributed by atoms with Crippen LogP contribution in [-0.2, 0) is 9.84 Å². The maximum absolute atomic E-state index is 11.2. The Labute approximate surface area is 84.4 Å². The highest BCUT2D eigenvalue weighted by molar-refractivity contribution is 7.98. The zero-order valence-electron chi connectivity index (χ0n) is 7.95. The molecule has 0 saturated carbocycles. The second-order valence-corrected chi connectivity index (χ2v) is 6.97. The third kappa shape index (κ3) is 3.48. The van der Waals surface area contributed by atoms with Crippen LogP contribution in [0.2, 0.25) is 0 Å². The maximum atomic E-state index is 11.2. The SMILES string of the molecule is CSCCCC1(N)CCS(=O)(=O)C1. The minimum atomic E-state index is -2.82. The molecule has 1 unspecified atom stereocenters. The zero-order chi connectivity index (χ0) is 9.95. The van der Waals surface area contributed by atoms with Gasteiger partial charge in [0.2, 0.25) is 0 Å². The largest absolute Gasteiger partial charge is 0.324 e. The molecule has 1 atom stereocenters. The smallest absolute Gasteiger partial charge is 0.152 e. The van der Waals surface area contributed by atoms with Crippen LogP contribution in [0.25, 0.3) is 0 Å². The molecular formula is C8H17NO2S2. The van der Waals surface area contributed by atoms with Gasteiger partial charge in [0.1, 0.15) is 0 Å².